The fraction of sp³-hybridized carbons (Fsp3) is 0. The predicted molar refractivity (Wildman–Crippen MR) is 44.4 cm³/mol. The number of benzene rings is 1. The van der Waals surface area contributed by atoms with Gasteiger partial charge in [0, 0.05) is 0 Å². The molecule has 1 N–H and O–H groups in total. The maximum Gasteiger partial charge on any atom is 0.339 e. The molecule has 0 atom stereocenters. The van der Waals surface area contributed by atoms with Crippen LogP contribution in [-0.4, -0.2) is 17.0 Å². The summed E-state index contributed by atoms with van der Waals surface area (Å²) >= 11 is 0. The van der Waals surface area contributed by atoms with Crippen LogP contribution in [0.15, 0.2) is 24.3 Å². The Bertz CT molecular complexity index is 343. The lowest BCUT2D eigenvalue weighted by Crippen LogP contribution is -2.07. The minimum atomic E-state index is -1.14. The molecule has 0 spiro atoms. The Hall–Kier alpha value is -1.84. The summed E-state index contributed by atoms with van der Waals surface area (Å²) in [6.45, 7) is 2.98. The van der Waals surface area contributed by atoms with Crippen molar-refractivity contribution in [2.24, 2.45) is 0 Å². The van der Waals surface area contributed by atoms with Gasteiger partial charge in [-0.05, 0) is 12.1 Å². The van der Waals surface area contributed by atoms with Gasteiger partial charge in [-0.2, -0.15) is 0 Å². The van der Waals surface area contributed by atoms with Crippen molar-refractivity contribution in [1.29, 1.82) is 0 Å². The van der Waals surface area contributed by atoms with Crippen molar-refractivity contribution in [3.63, 3.8) is 0 Å². The number of carboxylic acids is 1. The molecule has 1 rings (SSSR count). The third-order valence-electron chi connectivity index (χ3n) is 1.34. The van der Waals surface area contributed by atoms with E-state index in [4.69, 9.17) is 5.11 Å². The van der Waals surface area contributed by atoms with Crippen molar-refractivity contribution in [1.82, 2.24) is 0 Å². The number of aromatic carboxylic acids is 1. The SMILES string of the molecule is [CH2]C(=O)Oc1ccccc1C(=O)O. The van der Waals surface area contributed by atoms with Crippen LogP contribution < -0.4 is 4.74 Å². The standard InChI is InChI=1S/C9H7O4/c1-6(10)13-8-5-3-2-4-7(8)9(11)12/h2-5H,1H2,(H,11,12). The molecule has 0 fully saturated rings. The highest BCUT2D eigenvalue weighted by atomic mass is 16.5. The van der Waals surface area contributed by atoms with Crippen molar-refractivity contribution in [2.45, 2.75) is 0 Å². The predicted octanol–water partition coefficient (Wildman–Crippen LogP) is 1.12. The first-order chi connectivity index (χ1) is 6.11. The monoisotopic (exact) mass is 179 g/mol. The first kappa shape index (κ1) is 9.25. The number of carbonyl (C=O) groups is 2. The summed E-state index contributed by atoms with van der Waals surface area (Å²) in [5.41, 5.74) is -0.0560. The molecular formula is C9H7O4. The van der Waals surface area contributed by atoms with Crippen LogP contribution in [0.25, 0.3) is 0 Å². The van der Waals surface area contributed by atoms with E-state index in [1.807, 2.05) is 0 Å². The topological polar surface area (TPSA) is 63.6 Å². The van der Waals surface area contributed by atoms with Crippen LogP contribution in [0.1, 0.15) is 10.4 Å². The lowest BCUT2D eigenvalue weighted by atomic mass is 10.2. The van der Waals surface area contributed by atoms with Crippen LogP contribution >= 0.6 is 0 Å². The van der Waals surface area contributed by atoms with Gasteiger partial charge >= 0.3 is 11.9 Å². The number of hydrogen-bond donors (Lipinski definition) is 1. The Labute approximate surface area is 74.8 Å². The zero-order valence-corrected chi connectivity index (χ0v) is 6.69. The Morgan fingerprint density at radius 2 is 1.92 bits per heavy atom. The van der Waals surface area contributed by atoms with Gasteiger partial charge in [0.2, 0.25) is 0 Å². The maximum atomic E-state index is 10.6. The highest BCUT2D eigenvalue weighted by molar-refractivity contribution is 5.92. The highest BCUT2D eigenvalue weighted by Crippen LogP contribution is 2.17. The number of carboxylic acid groups (broad SMARTS) is 1. The van der Waals surface area contributed by atoms with E-state index in [0.717, 1.165) is 0 Å². The average Bonchev–Trinajstić information content (AvgIpc) is 2.03. The van der Waals surface area contributed by atoms with Crippen LogP contribution in [0.4, 0.5) is 0 Å². The van der Waals surface area contributed by atoms with E-state index < -0.39 is 11.9 Å². The van der Waals surface area contributed by atoms with Gasteiger partial charge in [0.25, 0.3) is 0 Å². The molecule has 0 aromatic heterocycles. The van der Waals surface area contributed by atoms with Gasteiger partial charge in [0.1, 0.15) is 11.3 Å². The summed E-state index contributed by atoms with van der Waals surface area (Å²) in [7, 11) is 0. The smallest absolute Gasteiger partial charge is 0.339 e. The van der Waals surface area contributed by atoms with Crippen molar-refractivity contribution in [2.75, 3.05) is 0 Å². The Kier molecular flexibility index (Phi) is 2.64. The van der Waals surface area contributed by atoms with E-state index in [1.165, 1.54) is 12.1 Å². The van der Waals surface area contributed by atoms with Gasteiger partial charge in [-0.1, -0.05) is 12.1 Å². The summed E-state index contributed by atoms with van der Waals surface area (Å²) < 4.78 is 4.58. The van der Waals surface area contributed by atoms with E-state index in [1.54, 1.807) is 12.1 Å². The average molecular weight is 179 g/mol. The molecule has 0 saturated carbocycles. The van der Waals surface area contributed by atoms with Crippen molar-refractivity contribution >= 4 is 11.9 Å². The first-order valence-electron chi connectivity index (χ1n) is 3.47. The molecule has 0 aliphatic rings. The van der Waals surface area contributed by atoms with Gasteiger partial charge in [-0.25, -0.2) is 4.79 Å². The second-order valence-electron chi connectivity index (χ2n) is 2.28. The molecule has 0 unspecified atom stereocenters. The van der Waals surface area contributed by atoms with Gasteiger partial charge < -0.3 is 9.84 Å². The molecule has 4 nitrogen and oxygen atoms in total. The van der Waals surface area contributed by atoms with Crippen molar-refractivity contribution in [3.05, 3.63) is 36.8 Å². The van der Waals surface area contributed by atoms with E-state index in [2.05, 4.69) is 11.7 Å². The molecular weight excluding hydrogens is 172 g/mol. The molecule has 1 aromatic rings. The molecule has 0 aliphatic heterocycles. The molecule has 67 valence electrons. The van der Waals surface area contributed by atoms with Crippen molar-refractivity contribution in [3.8, 4) is 5.75 Å². The minimum absolute atomic E-state index is 0.00926. The number of carbonyl (C=O) groups excluding carboxylic acids is 1. The third-order valence-corrected chi connectivity index (χ3v) is 1.34. The number of hydrogen-bond acceptors (Lipinski definition) is 3. The molecule has 0 bridgehead atoms. The molecule has 1 radical (unpaired) electrons. The Morgan fingerprint density at radius 3 is 2.46 bits per heavy atom. The van der Waals surface area contributed by atoms with Gasteiger partial charge in [0.05, 0.1) is 6.92 Å². The summed E-state index contributed by atoms with van der Waals surface area (Å²) in [4.78, 5) is 21.1. The van der Waals surface area contributed by atoms with Gasteiger partial charge in [-0.3, -0.25) is 4.79 Å². The fourth-order valence-corrected chi connectivity index (χ4v) is 0.855. The maximum absolute atomic E-state index is 10.6. The second kappa shape index (κ2) is 3.71. The van der Waals surface area contributed by atoms with Crippen LogP contribution in [0.3, 0.4) is 0 Å². The molecule has 4 heteroatoms. The summed E-state index contributed by atoms with van der Waals surface area (Å²) in [6, 6.07) is 5.86. The molecule has 0 heterocycles. The molecule has 13 heavy (non-hydrogen) atoms. The van der Waals surface area contributed by atoms with E-state index >= 15 is 0 Å². The summed E-state index contributed by atoms with van der Waals surface area (Å²) in [5, 5.41) is 8.67. The number of esters is 1. The van der Waals surface area contributed by atoms with E-state index in [-0.39, 0.29) is 11.3 Å². The van der Waals surface area contributed by atoms with Crippen LogP contribution in [0, 0.1) is 6.92 Å². The minimum Gasteiger partial charge on any atom is -0.478 e. The molecule has 0 aliphatic carbocycles. The largest absolute Gasteiger partial charge is 0.478 e. The zero-order chi connectivity index (χ0) is 9.84. The quantitative estimate of drug-likeness (QED) is 0.545. The lowest BCUT2D eigenvalue weighted by molar-refractivity contribution is -0.129. The van der Waals surface area contributed by atoms with E-state index in [0.29, 0.717) is 0 Å². The molecule has 0 amide bonds. The summed E-state index contributed by atoms with van der Waals surface area (Å²) in [6.07, 6.45) is 0. The fourth-order valence-electron chi connectivity index (χ4n) is 0.855. The van der Waals surface area contributed by atoms with E-state index in [9.17, 15) is 9.59 Å². The highest BCUT2D eigenvalue weighted by Gasteiger charge is 2.10. The zero-order valence-electron chi connectivity index (χ0n) is 6.69. The van der Waals surface area contributed by atoms with Gasteiger partial charge in [-0.15, -0.1) is 0 Å². The number of para-hydroxylation sites is 1. The third kappa shape index (κ3) is 2.30. The van der Waals surface area contributed by atoms with Crippen LogP contribution in [0.2, 0.25) is 0 Å². The Balaban J connectivity index is 3.04. The second-order valence-corrected chi connectivity index (χ2v) is 2.28. The number of rotatable bonds is 2. The number of ether oxygens (including phenoxy) is 1. The van der Waals surface area contributed by atoms with Crippen molar-refractivity contribution < 1.29 is 19.4 Å². The lowest BCUT2D eigenvalue weighted by Gasteiger charge is -2.03. The van der Waals surface area contributed by atoms with Crippen LogP contribution in [-0.2, 0) is 4.79 Å². The molecule has 1 aromatic carbocycles. The normalized spacial score (nSPS) is 9.31. The summed E-state index contributed by atoms with van der Waals surface area (Å²) in [5.74, 6) is -1.92. The van der Waals surface area contributed by atoms with Gasteiger partial charge in [0.15, 0.2) is 0 Å². The first-order valence-corrected chi connectivity index (χ1v) is 3.47. The molecule has 0 saturated heterocycles. The Morgan fingerprint density at radius 1 is 1.31 bits per heavy atom. The van der Waals surface area contributed by atoms with Crippen LogP contribution in [0.5, 0.6) is 5.75 Å².